The number of anilines is 2. The third kappa shape index (κ3) is 5.57. The first-order valence-electron chi connectivity index (χ1n) is 11.1. The topological polar surface area (TPSA) is 131 Å². The van der Waals surface area contributed by atoms with E-state index < -0.39 is 42.1 Å². The molecule has 3 aromatic carbocycles. The van der Waals surface area contributed by atoms with Crippen molar-refractivity contribution >= 4 is 47.2 Å². The fraction of sp³-hybridized carbons (Fsp3) is 0.0741. The van der Waals surface area contributed by atoms with Gasteiger partial charge in [-0.25, -0.2) is 18.9 Å². The molecule has 1 aliphatic rings. The van der Waals surface area contributed by atoms with Crippen LogP contribution in [0.3, 0.4) is 0 Å². The summed E-state index contributed by atoms with van der Waals surface area (Å²) >= 11 is 0. The van der Waals surface area contributed by atoms with E-state index in [2.05, 4.69) is 15.4 Å². The first-order chi connectivity index (χ1) is 18.3. The number of amides is 5. The molecule has 1 aliphatic heterocycles. The largest absolute Gasteiger partial charge is 0.483 e. The van der Waals surface area contributed by atoms with Gasteiger partial charge in [0.25, 0.3) is 17.7 Å². The van der Waals surface area contributed by atoms with Gasteiger partial charge in [-0.05, 0) is 48.5 Å². The molecule has 0 radical (unpaired) electrons. The maximum Gasteiger partial charge on any atom is 0.337 e. The van der Waals surface area contributed by atoms with Gasteiger partial charge in [0.05, 0.1) is 24.0 Å². The van der Waals surface area contributed by atoms with Crippen LogP contribution < -0.4 is 20.3 Å². The second-order valence-corrected chi connectivity index (χ2v) is 7.85. The Balaban J connectivity index is 1.55. The van der Waals surface area contributed by atoms with Crippen LogP contribution >= 0.6 is 0 Å². The van der Waals surface area contributed by atoms with Crippen molar-refractivity contribution in [2.24, 2.45) is 0 Å². The van der Waals surface area contributed by atoms with Gasteiger partial charge in [-0.2, -0.15) is 0 Å². The van der Waals surface area contributed by atoms with E-state index in [0.717, 1.165) is 4.90 Å². The second-order valence-electron chi connectivity index (χ2n) is 7.85. The van der Waals surface area contributed by atoms with E-state index >= 15 is 0 Å². The quantitative estimate of drug-likeness (QED) is 0.279. The Morgan fingerprint density at radius 3 is 2.37 bits per heavy atom. The number of hydrogen-bond donors (Lipinski definition) is 2. The molecule has 0 unspecified atom stereocenters. The lowest BCUT2D eigenvalue weighted by molar-refractivity contribution is -0.122. The van der Waals surface area contributed by atoms with Gasteiger partial charge < -0.3 is 14.8 Å². The van der Waals surface area contributed by atoms with Gasteiger partial charge in [-0.15, -0.1) is 0 Å². The first kappa shape index (κ1) is 25.8. The van der Waals surface area contributed by atoms with Crippen LogP contribution in [0.2, 0.25) is 0 Å². The molecule has 38 heavy (non-hydrogen) atoms. The first-order valence-corrected chi connectivity index (χ1v) is 11.1. The Labute approximate surface area is 215 Å². The lowest BCUT2D eigenvalue weighted by atomic mass is 10.1. The third-order valence-corrected chi connectivity index (χ3v) is 5.37. The maximum absolute atomic E-state index is 13.8. The minimum absolute atomic E-state index is 0.00893. The number of carbonyl (C=O) groups is 5. The predicted octanol–water partition coefficient (Wildman–Crippen LogP) is 3.30. The Bertz CT molecular complexity index is 1470. The number of ether oxygens (including phenoxy) is 2. The standard InChI is InChI=1S/C27H20FN3O7/c1-37-26(35)16-10-12-18(13-11-16)31-25(34)19(24(33)30-27(31)36)14-17-6-2-5-9-22(17)38-15-23(32)29-21-8-4-3-7-20(21)28/h2-14H,15H2,1H3,(H,29,32)(H,30,33,36)/b19-14-. The zero-order chi connectivity index (χ0) is 27.2. The van der Waals surface area contributed by atoms with Crippen LogP contribution in [0, 0.1) is 5.82 Å². The summed E-state index contributed by atoms with van der Waals surface area (Å²) in [5.41, 5.74) is 0.227. The van der Waals surface area contributed by atoms with E-state index in [9.17, 15) is 28.4 Å². The average Bonchev–Trinajstić information content (AvgIpc) is 2.91. The summed E-state index contributed by atoms with van der Waals surface area (Å²) in [5.74, 6) is -3.50. The monoisotopic (exact) mass is 517 g/mol. The summed E-state index contributed by atoms with van der Waals surface area (Å²) in [6.07, 6.45) is 1.23. The number of hydrogen-bond acceptors (Lipinski definition) is 7. The van der Waals surface area contributed by atoms with Crippen LogP contribution in [0.4, 0.5) is 20.6 Å². The van der Waals surface area contributed by atoms with Crippen molar-refractivity contribution in [3.8, 4) is 5.75 Å². The van der Waals surface area contributed by atoms with E-state index in [-0.39, 0.29) is 33.8 Å². The molecule has 1 heterocycles. The number of benzene rings is 3. The molecule has 0 aliphatic carbocycles. The average molecular weight is 517 g/mol. The molecule has 0 saturated carbocycles. The van der Waals surface area contributed by atoms with Gasteiger partial charge in [-0.1, -0.05) is 30.3 Å². The fourth-order valence-electron chi connectivity index (χ4n) is 3.54. The van der Waals surface area contributed by atoms with Crippen LogP contribution in [0.1, 0.15) is 15.9 Å². The number of urea groups is 1. The summed E-state index contributed by atoms with van der Waals surface area (Å²) in [5, 5.41) is 4.50. The van der Waals surface area contributed by atoms with E-state index in [1.165, 1.54) is 61.7 Å². The Morgan fingerprint density at radius 2 is 1.66 bits per heavy atom. The summed E-state index contributed by atoms with van der Waals surface area (Å²) in [6, 6.07) is 16.5. The second kappa shape index (κ2) is 11.2. The molecular formula is C27H20FN3O7. The summed E-state index contributed by atoms with van der Waals surface area (Å²) in [7, 11) is 1.22. The highest BCUT2D eigenvalue weighted by molar-refractivity contribution is 6.39. The molecule has 11 heteroatoms. The van der Waals surface area contributed by atoms with E-state index in [1.807, 2.05) is 0 Å². The zero-order valence-corrected chi connectivity index (χ0v) is 19.9. The van der Waals surface area contributed by atoms with Crippen molar-refractivity contribution in [2.45, 2.75) is 0 Å². The minimum Gasteiger partial charge on any atom is -0.483 e. The number of carbonyl (C=O) groups excluding carboxylic acids is 5. The molecule has 0 spiro atoms. The molecule has 192 valence electrons. The molecule has 3 aromatic rings. The highest BCUT2D eigenvalue weighted by atomic mass is 19.1. The van der Waals surface area contributed by atoms with Crippen molar-refractivity contribution < 1.29 is 37.8 Å². The lowest BCUT2D eigenvalue weighted by Crippen LogP contribution is -2.54. The number of esters is 1. The van der Waals surface area contributed by atoms with Crippen LogP contribution in [0.25, 0.3) is 6.08 Å². The molecule has 5 amide bonds. The Kier molecular flexibility index (Phi) is 7.57. The normalized spacial score (nSPS) is 14.2. The van der Waals surface area contributed by atoms with Gasteiger partial charge in [0, 0.05) is 5.56 Å². The van der Waals surface area contributed by atoms with Gasteiger partial charge in [0.15, 0.2) is 6.61 Å². The predicted molar refractivity (Wildman–Crippen MR) is 134 cm³/mol. The van der Waals surface area contributed by atoms with E-state index in [0.29, 0.717) is 0 Å². The van der Waals surface area contributed by atoms with E-state index in [4.69, 9.17) is 4.74 Å². The molecule has 0 bridgehead atoms. The number of barbiturate groups is 1. The molecule has 1 saturated heterocycles. The number of nitrogens with one attached hydrogen (secondary N) is 2. The number of nitrogens with zero attached hydrogens (tertiary/aromatic N) is 1. The van der Waals surface area contributed by atoms with Gasteiger partial charge in [0.2, 0.25) is 0 Å². The minimum atomic E-state index is -0.961. The number of halogens is 1. The SMILES string of the molecule is COC(=O)c1ccc(N2C(=O)NC(=O)/C(=C/c3ccccc3OCC(=O)Nc3ccccc3F)C2=O)cc1. The summed E-state index contributed by atoms with van der Waals surface area (Å²) < 4.78 is 24.0. The highest BCUT2D eigenvalue weighted by Gasteiger charge is 2.37. The van der Waals surface area contributed by atoms with E-state index in [1.54, 1.807) is 24.3 Å². The van der Waals surface area contributed by atoms with Crippen LogP contribution in [-0.4, -0.2) is 43.4 Å². The molecule has 10 nitrogen and oxygen atoms in total. The van der Waals surface area contributed by atoms with Crippen LogP contribution in [0.5, 0.6) is 5.75 Å². The molecule has 2 N–H and O–H groups in total. The fourth-order valence-corrected chi connectivity index (χ4v) is 3.54. The van der Waals surface area contributed by atoms with Crippen molar-refractivity contribution in [3.05, 3.63) is 95.3 Å². The Morgan fingerprint density at radius 1 is 0.974 bits per heavy atom. The lowest BCUT2D eigenvalue weighted by Gasteiger charge is -2.26. The molecule has 1 fully saturated rings. The van der Waals surface area contributed by atoms with Gasteiger partial charge in [-0.3, -0.25) is 19.7 Å². The molecule has 0 aromatic heterocycles. The van der Waals surface area contributed by atoms with Crippen molar-refractivity contribution in [1.29, 1.82) is 0 Å². The number of rotatable bonds is 7. The third-order valence-electron chi connectivity index (χ3n) is 5.37. The van der Waals surface area contributed by atoms with Crippen molar-refractivity contribution in [2.75, 3.05) is 23.9 Å². The smallest absolute Gasteiger partial charge is 0.337 e. The van der Waals surface area contributed by atoms with Gasteiger partial charge >= 0.3 is 12.0 Å². The van der Waals surface area contributed by atoms with Crippen molar-refractivity contribution in [1.82, 2.24) is 5.32 Å². The molecular weight excluding hydrogens is 497 g/mol. The molecule has 0 atom stereocenters. The molecule has 4 rings (SSSR count). The summed E-state index contributed by atoms with van der Waals surface area (Å²) in [6.45, 7) is -0.480. The highest BCUT2D eigenvalue weighted by Crippen LogP contribution is 2.26. The summed E-state index contributed by atoms with van der Waals surface area (Å²) in [4.78, 5) is 62.9. The van der Waals surface area contributed by atoms with Gasteiger partial charge in [0.1, 0.15) is 17.1 Å². The number of methoxy groups -OCH3 is 1. The van der Waals surface area contributed by atoms with Crippen molar-refractivity contribution in [3.63, 3.8) is 0 Å². The van der Waals surface area contributed by atoms with Crippen LogP contribution in [0.15, 0.2) is 78.4 Å². The number of imide groups is 2. The van der Waals surface area contributed by atoms with Crippen LogP contribution in [-0.2, 0) is 19.1 Å². The number of para-hydroxylation sites is 2. The Hall–Kier alpha value is -5.32. The zero-order valence-electron chi connectivity index (χ0n) is 19.9. The maximum atomic E-state index is 13.8.